The first-order valence-electron chi connectivity index (χ1n) is 7.58. The Bertz CT molecular complexity index is 457. The van der Waals surface area contributed by atoms with Crippen molar-refractivity contribution in [3.05, 3.63) is 29.8 Å². The number of benzene rings is 1. The van der Waals surface area contributed by atoms with Gasteiger partial charge in [0.15, 0.2) is 0 Å². The molecule has 1 atom stereocenters. The number of hydrogen-bond donors (Lipinski definition) is 2. The lowest BCUT2D eigenvalue weighted by Crippen LogP contribution is -2.41. The van der Waals surface area contributed by atoms with Crippen molar-refractivity contribution in [3.8, 4) is 0 Å². The fraction of sp³-hybridized carbons (Fsp3) is 0.562. The topological polar surface area (TPSA) is 58.4 Å². The molecule has 22 heavy (non-hydrogen) atoms. The summed E-state index contributed by atoms with van der Waals surface area (Å²) in [6.45, 7) is 4.82. The van der Waals surface area contributed by atoms with E-state index in [1.165, 1.54) is 11.3 Å². The van der Waals surface area contributed by atoms with Crippen LogP contribution >= 0.6 is 24.8 Å². The molecule has 0 aliphatic carbocycles. The number of amides is 1. The third-order valence-electron chi connectivity index (χ3n) is 3.82. The second-order valence-electron chi connectivity index (χ2n) is 5.41. The van der Waals surface area contributed by atoms with Crippen LogP contribution < -0.4 is 16.0 Å². The number of nitrogens with one attached hydrogen (secondary N) is 1. The second-order valence-corrected chi connectivity index (χ2v) is 5.41. The highest BCUT2D eigenvalue weighted by Crippen LogP contribution is 2.27. The summed E-state index contributed by atoms with van der Waals surface area (Å²) in [5.74, 6) is -0.0197. The van der Waals surface area contributed by atoms with E-state index in [4.69, 9.17) is 5.73 Å². The molecule has 2 rings (SSSR count). The minimum atomic E-state index is -0.354. The Morgan fingerprint density at radius 2 is 2.09 bits per heavy atom. The third-order valence-corrected chi connectivity index (χ3v) is 3.82. The van der Waals surface area contributed by atoms with Gasteiger partial charge in [-0.15, -0.1) is 24.8 Å². The van der Waals surface area contributed by atoms with Gasteiger partial charge in [0.1, 0.15) is 0 Å². The van der Waals surface area contributed by atoms with E-state index in [1.54, 1.807) is 0 Å². The average molecular weight is 348 g/mol. The lowest BCUT2D eigenvalue weighted by molar-refractivity contribution is -0.122. The molecule has 1 aromatic rings. The highest BCUT2D eigenvalue weighted by atomic mass is 35.5. The Morgan fingerprint density at radius 1 is 1.36 bits per heavy atom. The van der Waals surface area contributed by atoms with Crippen LogP contribution in [0.2, 0.25) is 0 Å². The van der Waals surface area contributed by atoms with E-state index < -0.39 is 0 Å². The number of anilines is 1. The van der Waals surface area contributed by atoms with E-state index in [-0.39, 0.29) is 36.8 Å². The van der Waals surface area contributed by atoms with Crippen molar-refractivity contribution < 1.29 is 4.79 Å². The number of hydrogen-bond acceptors (Lipinski definition) is 3. The van der Waals surface area contributed by atoms with Crippen molar-refractivity contribution in [1.82, 2.24) is 5.32 Å². The molecule has 0 radical (unpaired) electrons. The van der Waals surface area contributed by atoms with Gasteiger partial charge in [-0.05, 0) is 30.9 Å². The van der Waals surface area contributed by atoms with E-state index in [0.717, 1.165) is 38.8 Å². The smallest absolute Gasteiger partial charge is 0.236 e. The first kappa shape index (κ1) is 21.0. The van der Waals surface area contributed by atoms with Gasteiger partial charge in [0.05, 0.1) is 6.04 Å². The maximum atomic E-state index is 11.7. The Kier molecular flexibility index (Phi) is 10.2. The van der Waals surface area contributed by atoms with Crippen LogP contribution in [0.25, 0.3) is 0 Å². The molecular formula is C16H27Cl2N3O. The number of carbonyl (C=O) groups is 1. The Balaban J connectivity index is 0.00000220. The van der Waals surface area contributed by atoms with Crippen LogP contribution in [0.5, 0.6) is 0 Å². The quantitative estimate of drug-likeness (QED) is 0.745. The van der Waals surface area contributed by atoms with E-state index in [2.05, 4.69) is 34.5 Å². The molecule has 0 aromatic heterocycles. The Labute approximate surface area is 145 Å². The molecule has 1 heterocycles. The molecule has 3 N–H and O–H groups in total. The molecule has 1 aromatic carbocycles. The van der Waals surface area contributed by atoms with E-state index in [0.29, 0.717) is 6.54 Å². The van der Waals surface area contributed by atoms with Crippen molar-refractivity contribution in [2.45, 2.75) is 38.6 Å². The molecule has 0 spiro atoms. The molecule has 1 unspecified atom stereocenters. The number of nitrogens with zero attached hydrogens (tertiary/aromatic N) is 1. The van der Waals surface area contributed by atoms with Crippen LogP contribution in [0.4, 0.5) is 5.69 Å². The van der Waals surface area contributed by atoms with Gasteiger partial charge < -0.3 is 16.0 Å². The zero-order valence-electron chi connectivity index (χ0n) is 13.1. The number of nitrogens with two attached hydrogens (primary N) is 1. The van der Waals surface area contributed by atoms with Gasteiger partial charge >= 0.3 is 0 Å². The molecule has 4 nitrogen and oxygen atoms in total. The molecule has 0 saturated carbocycles. The number of para-hydroxylation sites is 1. The van der Waals surface area contributed by atoms with Gasteiger partial charge in [-0.25, -0.2) is 0 Å². The molecule has 1 aliphatic rings. The summed E-state index contributed by atoms with van der Waals surface area (Å²) in [7, 11) is 0. The van der Waals surface area contributed by atoms with Crippen molar-refractivity contribution >= 4 is 36.4 Å². The summed E-state index contributed by atoms with van der Waals surface area (Å²) in [6.07, 6.45) is 3.79. The van der Waals surface area contributed by atoms with Gasteiger partial charge in [-0.3, -0.25) is 4.79 Å². The maximum absolute atomic E-state index is 11.7. The lowest BCUT2D eigenvalue weighted by Gasteiger charge is -2.19. The first-order valence-corrected chi connectivity index (χ1v) is 7.58. The fourth-order valence-electron chi connectivity index (χ4n) is 2.69. The SMILES string of the molecule is CCCC(N)C(=O)NCCCN1CCc2ccccc21.Cl.Cl. The minimum Gasteiger partial charge on any atom is -0.371 e. The maximum Gasteiger partial charge on any atom is 0.236 e. The molecule has 6 heteroatoms. The lowest BCUT2D eigenvalue weighted by atomic mass is 10.1. The molecule has 0 saturated heterocycles. The minimum absolute atomic E-state index is 0. The van der Waals surface area contributed by atoms with Crippen LogP contribution in [-0.2, 0) is 11.2 Å². The van der Waals surface area contributed by atoms with E-state index >= 15 is 0 Å². The largest absolute Gasteiger partial charge is 0.371 e. The van der Waals surface area contributed by atoms with Crippen molar-refractivity contribution in [1.29, 1.82) is 0 Å². The van der Waals surface area contributed by atoms with Crippen LogP contribution in [0.15, 0.2) is 24.3 Å². The fourth-order valence-corrected chi connectivity index (χ4v) is 2.69. The van der Waals surface area contributed by atoms with Crippen LogP contribution in [-0.4, -0.2) is 31.6 Å². The summed E-state index contributed by atoms with van der Waals surface area (Å²) in [5, 5.41) is 2.92. The highest BCUT2D eigenvalue weighted by molar-refractivity contribution is 5.85. The predicted molar refractivity (Wildman–Crippen MR) is 97.4 cm³/mol. The van der Waals surface area contributed by atoms with Crippen molar-refractivity contribution in [3.63, 3.8) is 0 Å². The van der Waals surface area contributed by atoms with Gasteiger partial charge in [0, 0.05) is 25.3 Å². The summed E-state index contributed by atoms with van der Waals surface area (Å²) in [6, 6.07) is 8.20. The average Bonchev–Trinajstić information content (AvgIpc) is 2.87. The van der Waals surface area contributed by atoms with Crippen LogP contribution in [0, 0.1) is 0 Å². The molecule has 0 bridgehead atoms. The molecule has 1 aliphatic heterocycles. The highest BCUT2D eigenvalue weighted by Gasteiger charge is 2.17. The number of fused-ring (bicyclic) bond motifs is 1. The summed E-state index contributed by atoms with van der Waals surface area (Å²) in [5.41, 5.74) is 8.55. The second kappa shape index (κ2) is 10.7. The zero-order chi connectivity index (χ0) is 14.4. The predicted octanol–water partition coefficient (Wildman–Crippen LogP) is 2.53. The van der Waals surface area contributed by atoms with Crippen molar-refractivity contribution in [2.75, 3.05) is 24.5 Å². The van der Waals surface area contributed by atoms with Gasteiger partial charge in [-0.1, -0.05) is 31.5 Å². The van der Waals surface area contributed by atoms with Gasteiger partial charge in [0.25, 0.3) is 0 Å². The Morgan fingerprint density at radius 3 is 2.82 bits per heavy atom. The standard InChI is InChI=1S/C16H25N3O.2ClH/c1-2-6-14(17)16(20)18-10-5-11-19-12-9-13-7-3-4-8-15(13)19;;/h3-4,7-8,14H,2,5-6,9-12,17H2,1H3,(H,18,20);2*1H. The number of halogens is 2. The number of rotatable bonds is 7. The van der Waals surface area contributed by atoms with Gasteiger partial charge in [-0.2, -0.15) is 0 Å². The normalized spacial score (nSPS) is 13.6. The van der Waals surface area contributed by atoms with E-state index in [9.17, 15) is 4.79 Å². The first-order chi connectivity index (χ1) is 9.72. The van der Waals surface area contributed by atoms with Crippen LogP contribution in [0.3, 0.4) is 0 Å². The van der Waals surface area contributed by atoms with E-state index in [1.807, 2.05) is 6.92 Å². The third kappa shape index (κ3) is 5.67. The Hall–Kier alpha value is -0.970. The van der Waals surface area contributed by atoms with Gasteiger partial charge in [0.2, 0.25) is 5.91 Å². The zero-order valence-corrected chi connectivity index (χ0v) is 14.7. The molecule has 1 amide bonds. The van der Waals surface area contributed by atoms with Crippen molar-refractivity contribution in [2.24, 2.45) is 5.73 Å². The molecule has 0 fully saturated rings. The van der Waals surface area contributed by atoms with Crippen LogP contribution in [0.1, 0.15) is 31.7 Å². The monoisotopic (exact) mass is 347 g/mol. The summed E-state index contributed by atoms with van der Waals surface area (Å²) < 4.78 is 0. The summed E-state index contributed by atoms with van der Waals surface area (Å²) >= 11 is 0. The molecular weight excluding hydrogens is 321 g/mol. The molecule has 126 valence electrons. The summed E-state index contributed by atoms with van der Waals surface area (Å²) in [4.78, 5) is 14.1. The number of carbonyl (C=O) groups excluding carboxylic acids is 1.